The van der Waals surface area contributed by atoms with E-state index in [1.807, 2.05) is 70.3 Å². The summed E-state index contributed by atoms with van der Waals surface area (Å²) in [6.45, 7) is 14.4. The van der Waals surface area contributed by atoms with Crippen molar-refractivity contribution in [3.05, 3.63) is 89.8 Å². The summed E-state index contributed by atoms with van der Waals surface area (Å²) in [6.07, 6.45) is 8.79. The van der Waals surface area contributed by atoms with Gasteiger partial charge in [0.2, 0.25) is 0 Å². The number of anilines is 1. The fourth-order valence-corrected chi connectivity index (χ4v) is 4.12. The van der Waals surface area contributed by atoms with Gasteiger partial charge < -0.3 is 10.1 Å². The van der Waals surface area contributed by atoms with Crippen LogP contribution in [-0.2, 0) is 0 Å². The van der Waals surface area contributed by atoms with Crippen molar-refractivity contribution in [2.75, 3.05) is 5.32 Å². The molecule has 1 N–H and O–H groups in total. The second kappa shape index (κ2) is 11.6. The number of aliphatic imine (C=N–C) groups is 1. The molecule has 0 bridgehead atoms. The average molecular weight is 457 g/mol. The van der Waals surface area contributed by atoms with Gasteiger partial charge in [-0.3, -0.25) is 9.79 Å². The lowest BCUT2D eigenvalue weighted by molar-refractivity contribution is 0.0979. The third kappa shape index (κ3) is 6.13. The number of unbranched alkanes of at least 4 members (excludes halogenated alkanes) is 1. The molecule has 1 aliphatic heterocycles. The number of Topliss-reactive ketones (excluding diaryl/α,β-unsaturated/α-hetero) is 1. The maximum atomic E-state index is 12.4. The highest BCUT2D eigenvalue weighted by Crippen LogP contribution is 2.34. The Balaban J connectivity index is 1.73. The Morgan fingerprint density at radius 2 is 1.94 bits per heavy atom. The maximum absolute atomic E-state index is 12.4. The van der Waals surface area contributed by atoms with Crippen molar-refractivity contribution < 1.29 is 9.53 Å². The summed E-state index contributed by atoms with van der Waals surface area (Å²) in [6, 6.07) is 14.0. The first kappa shape index (κ1) is 25.2. The van der Waals surface area contributed by atoms with E-state index in [4.69, 9.17) is 9.73 Å². The third-order valence-electron chi connectivity index (χ3n) is 5.81. The Morgan fingerprint density at radius 3 is 2.56 bits per heavy atom. The van der Waals surface area contributed by atoms with E-state index in [0.29, 0.717) is 6.42 Å². The first-order chi connectivity index (χ1) is 16.3. The molecule has 0 amide bonds. The molecule has 178 valence electrons. The highest BCUT2D eigenvalue weighted by molar-refractivity contribution is 6.13. The number of ketones is 1. The maximum Gasteiger partial charge on any atom is 0.163 e. The Hall–Kier alpha value is -3.40. The molecule has 2 aromatic rings. The lowest BCUT2D eigenvalue weighted by Gasteiger charge is -2.18. The van der Waals surface area contributed by atoms with Crippen LogP contribution in [-0.4, -0.2) is 17.6 Å². The number of hydrogen-bond donors (Lipinski definition) is 1. The summed E-state index contributed by atoms with van der Waals surface area (Å²) in [5, 5.41) is 3.40. The van der Waals surface area contributed by atoms with Crippen molar-refractivity contribution >= 4 is 22.8 Å². The Labute approximate surface area is 204 Å². The van der Waals surface area contributed by atoms with E-state index in [0.717, 1.165) is 58.0 Å². The van der Waals surface area contributed by atoms with Crippen LogP contribution in [0.15, 0.2) is 78.1 Å². The number of aryl methyl sites for hydroxylation is 1. The van der Waals surface area contributed by atoms with E-state index in [1.165, 1.54) is 0 Å². The zero-order chi connectivity index (χ0) is 24.7. The molecule has 0 radical (unpaired) electrons. The van der Waals surface area contributed by atoms with E-state index < -0.39 is 0 Å². The lowest BCUT2D eigenvalue weighted by Crippen LogP contribution is -2.18. The summed E-state index contributed by atoms with van der Waals surface area (Å²) >= 11 is 0. The Kier molecular flexibility index (Phi) is 8.64. The fourth-order valence-electron chi connectivity index (χ4n) is 4.12. The quantitative estimate of drug-likeness (QED) is 0.277. The molecule has 0 saturated heterocycles. The lowest BCUT2D eigenvalue weighted by atomic mass is 9.89. The van der Waals surface area contributed by atoms with Gasteiger partial charge in [-0.15, -0.1) is 0 Å². The summed E-state index contributed by atoms with van der Waals surface area (Å²) in [5.41, 5.74) is 6.54. The SMILES string of the molecule is C=C(Nc1ccc(C(=O)CCCC)c(C)c1)C1=NC=C(c2ccc(OC(C)C)cc2)C1/C=C\C. The van der Waals surface area contributed by atoms with Gasteiger partial charge in [0, 0.05) is 29.8 Å². The van der Waals surface area contributed by atoms with Crippen LogP contribution in [0.2, 0.25) is 0 Å². The number of hydrogen-bond acceptors (Lipinski definition) is 4. The summed E-state index contributed by atoms with van der Waals surface area (Å²) in [7, 11) is 0. The second-order valence-corrected chi connectivity index (χ2v) is 8.95. The van der Waals surface area contributed by atoms with Crippen LogP contribution in [0.1, 0.15) is 68.4 Å². The highest BCUT2D eigenvalue weighted by atomic mass is 16.5. The normalized spacial score (nSPS) is 15.4. The topological polar surface area (TPSA) is 50.7 Å². The van der Waals surface area contributed by atoms with Gasteiger partial charge in [-0.1, -0.05) is 44.2 Å². The van der Waals surface area contributed by atoms with E-state index in [1.54, 1.807) is 0 Å². The number of allylic oxidation sites excluding steroid dienone is 4. The number of carbonyl (C=O) groups is 1. The molecule has 1 atom stereocenters. The van der Waals surface area contributed by atoms with E-state index in [2.05, 4.69) is 37.0 Å². The molecule has 34 heavy (non-hydrogen) atoms. The van der Waals surface area contributed by atoms with Gasteiger partial charge in [0.15, 0.2) is 5.78 Å². The van der Waals surface area contributed by atoms with Crippen LogP contribution in [0.3, 0.4) is 0 Å². The number of ether oxygens (including phenoxy) is 1. The van der Waals surface area contributed by atoms with Gasteiger partial charge >= 0.3 is 0 Å². The summed E-state index contributed by atoms with van der Waals surface area (Å²) in [5.74, 6) is 1.08. The minimum atomic E-state index is 0.0119. The molecule has 4 nitrogen and oxygen atoms in total. The van der Waals surface area contributed by atoms with Gasteiger partial charge in [0.1, 0.15) is 5.75 Å². The Morgan fingerprint density at radius 1 is 1.21 bits per heavy atom. The van der Waals surface area contributed by atoms with Crippen LogP contribution in [0.25, 0.3) is 5.57 Å². The number of nitrogens with one attached hydrogen (secondary N) is 1. The van der Waals surface area contributed by atoms with Crippen molar-refractivity contribution in [1.29, 1.82) is 0 Å². The van der Waals surface area contributed by atoms with Crippen molar-refractivity contribution in [2.45, 2.75) is 60.0 Å². The number of nitrogens with zero attached hydrogens (tertiary/aromatic N) is 1. The molecule has 0 aliphatic carbocycles. The number of rotatable bonds is 11. The van der Waals surface area contributed by atoms with Crippen LogP contribution in [0, 0.1) is 12.8 Å². The monoisotopic (exact) mass is 456 g/mol. The first-order valence-corrected chi connectivity index (χ1v) is 12.1. The average Bonchev–Trinajstić information content (AvgIpc) is 3.21. The van der Waals surface area contributed by atoms with Crippen molar-refractivity contribution in [3.63, 3.8) is 0 Å². The summed E-state index contributed by atoms with van der Waals surface area (Å²) in [4.78, 5) is 17.2. The molecule has 2 aromatic carbocycles. The van der Waals surface area contributed by atoms with E-state index >= 15 is 0 Å². The number of carbonyl (C=O) groups excluding carboxylic acids is 1. The molecule has 0 fully saturated rings. The molecule has 4 heteroatoms. The molecule has 1 heterocycles. The molecule has 0 saturated carbocycles. The minimum Gasteiger partial charge on any atom is -0.491 e. The first-order valence-electron chi connectivity index (χ1n) is 12.1. The van der Waals surface area contributed by atoms with Gasteiger partial charge in [-0.25, -0.2) is 0 Å². The van der Waals surface area contributed by atoms with Gasteiger partial charge in [0.05, 0.1) is 17.5 Å². The van der Waals surface area contributed by atoms with Gasteiger partial charge in [-0.2, -0.15) is 0 Å². The van der Waals surface area contributed by atoms with Crippen LogP contribution in [0.4, 0.5) is 5.69 Å². The molecule has 0 spiro atoms. The van der Waals surface area contributed by atoms with Crippen LogP contribution in [0.5, 0.6) is 5.75 Å². The predicted octanol–water partition coefficient (Wildman–Crippen LogP) is 7.77. The van der Waals surface area contributed by atoms with E-state index in [-0.39, 0.29) is 17.8 Å². The Bertz CT molecular complexity index is 1120. The van der Waals surface area contributed by atoms with Crippen molar-refractivity contribution in [1.82, 2.24) is 0 Å². The van der Waals surface area contributed by atoms with Crippen molar-refractivity contribution in [3.8, 4) is 5.75 Å². The highest BCUT2D eigenvalue weighted by Gasteiger charge is 2.26. The fraction of sp³-hybridized carbons (Fsp3) is 0.333. The summed E-state index contributed by atoms with van der Waals surface area (Å²) < 4.78 is 5.78. The van der Waals surface area contributed by atoms with Gasteiger partial charge in [-0.05, 0) is 81.1 Å². The molecular weight excluding hydrogens is 420 g/mol. The largest absolute Gasteiger partial charge is 0.491 e. The zero-order valence-corrected chi connectivity index (χ0v) is 21.0. The second-order valence-electron chi connectivity index (χ2n) is 8.95. The molecular formula is C30H36N2O2. The standard InChI is InChI=1S/C30H36N2O2/c1-7-9-11-29(33)26-17-14-24(18-21(26)5)32-22(6)30-27(10-8-2)28(19-31-30)23-12-15-25(16-13-23)34-20(3)4/h8,10,12-20,27,32H,6-7,9,11H2,1-5H3/b10-8-. The van der Waals surface area contributed by atoms with E-state index in [9.17, 15) is 4.79 Å². The molecule has 0 aromatic heterocycles. The third-order valence-corrected chi connectivity index (χ3v) is 5.81. The smallest absolute Gasteiger partial charge is 0.163 e. The minimum absolute atomic E-state index is 0.0119. The predicted molar refractivity (Wildman–Crippen MR) is 144 cm³/mol. The molecule has 1 unspecified atom stereocenters. The number of benzene rings is 2. The van der Waals surface area contributed by atoms with Crippen molar-refractivity contribution in [2.24, 2.45) is 10.9 Å². The molecule has 1 aliphatic rings. The zero-order valence-electron chi connectivity index (χ0n) is 21.0. The molecule has 3 rings (SSSR count). The van der Waals surface area contributed by atoms with Gasteiger partial charge in [0.25, 0.3) is 0 Å². The van der Waals surface area contributed by atoms with Crippen LogP contribution < -0.4 is 10.1 Å². The van der Waals surface area contributed by atoms with Crippen LogP contribution >= 0.6 is 0 Å².